The van der Waals surface area contributed by atoms with E-state index in [1.165, 1.54) is 0 Å². The van der Waals surface area contributed by atoms with Crippen LogP contribution in [0.25, 0.3) is 0 Å². The summed E-state index contributed by atoms with van der Waals surface area (Å²) in [5, 5.41) is 5.15. The summed E-state index contributed by atoms with van der Waals surface area (Å²) in [4.78, 5) is 3.97. The molecule has 5 nitrogen and oxygen atoms in total. The monoisotopic (exact) mass is 321 g/mol. The van der Waals surface area contributed by atoms with Crippen LogP contribution in [0.1, 0.15) is 44.3 Å². The third-order valence-electron chi connectivity index (χ3n) is 3.77. The number of hydrogen-bond donors (Lipinski definition) is 0. The summed E-state index contributed by atoms with van der Waals surface area (Å²) in [5.74, 6) is 1.77. The molecule has 1 saturated heterocycles. The predicted molar refractivity (Wildman–Crippen MR) is 84.7 cm³/mol. The Hall–Kier alpha value is -1.59. The Morgan fingerprint density at radius 2 is 2.09 bits per heavy atom. The zero-order valence-corrected chi connectivity index (χ0v) is 13.6. The number of aromatic nitrogens is 3. The number of nitrogens with zero attached hydrogens (tertiary/aromatic N) is 3. The largest absolute Gasteiger partial charge is 0.439 e. The van der Waals surface area contributed by atoms with Gasteiger partial charge in [-0.1, -0.05) is 25.4 Å². The van der Waals surface area contributed by atoms with Crippen LogP contribution in [0.5, 0.6) is 11.6 Å². The van der Waals surface area contributed by atoms with Gasteiger partial charge in [0.1, 0.15) is 10.9 Å². The Morgan fingerprint density at radius 1 is 1.32 bits per heavy atom. The highest BCUT2D eigenvalue weighted by Crippen LogP contribution is 2.32. The molecule has 2 aromatic heterocycles. The first-order valence-electron chi connectivity index (χ1n) is 7.60. The van der Waals surface area contributed by atoms with E-state index in [4.69, 9.17) is 26.2 Å². The second kappa shape index (κ2) is 6.67. The minimum Gasteiger partial charge on any atom is -0.439 e. The standard InChI is InChI=1S/C16H20ClN3O2/c1-11(2)14-10-16(22-13-3-6-18-15(17)9-13)20(19-14)12-4-7-21-8-5-12/h3,6,9-12H,4-5,7-8H2,1-2H3. The minimum atomic E-state index is 0.313. The summed E-state index contributed by atoms with van der Waals surface area (Å²) >= 11 is 5.93. The third-order valence-corrected chi connectivity index (χ3v) is 3.98. The lowest BCUT2D eigenvalue weighted by Crippen LogP contribution is -2.21. The Labute approximate surface area is 135 Å². The fraction of sp³-hybridized carbons (Fsp3) is 0.500. The van der Waals surface area contributed by atoms with E-state index in [2.05, 4.69) is 18.8 Å². The van der Waals surface area contributed by atoms with Gasteiger partial charge >= 0.3 is 0 Å². The molecule has 1 aliphatic heterocycles. The molecule has 1 fully saturated rings. The van der Waals surface area contributed by atoms with Crippen LogP contribution in [-0.4, -0.2) is 28.0 Å². The molecular formula is C16H20ClN3O2. The molecule has 0 N–H and O–H groups in total. The first kappa shape index (κ1) is 15.3. The van der Waals surface area contributed by atoms with Crippen molar-refractivity contribution in [2.45, 2.75) is 38.6 Å². The van der Waals surface area contributed by atoms with Crippen LogP contribution in [0, 0.1) is 0 Å². The Kier molecular flexibility index (Phi) is 4.64. The van der Waals surface area contributed by atoms with Crippen LogP contribution < -0.4 is 4.74 Å². The van der Waals surface area contributed by atoms with Crippen LogP contribution in [0.15, 0.2) is 24.4 Å². The van der Waals surface area contributed by atoms with Crippen molar-refractivity contribution in [1.82, 2.24) is 14.8 Å². The SMILES string of the molecule is CC(C)c1cc(Oc2ccnc(Cl)c2)n(C2CCOCC2)n1. The molecule has 1 aliphatic rings. The van der Waals surface area contributed by atoms with Crippen LogP contribution in [0.2, 0.25) is 5.15 Å². The van der Waals surface area contributed by atoms with E-state index in [1.807, 2.05) is 10.7 Å². The third kappa shape index (κ3) is 3.42. The van der Waals surface area contributed by atoms with Crippen LogP contribution in [-0.2, 0) is 4.74 Å². The molecule has 22 heavy (non-hydrogen) atoms. The molecule has 3 heterocycles. The van der Waals surface area contributed by atoms with Crippen molar-refractivity contribution >= 4 is 11.6 Å². The maximum absolute atomic E-state index is 6.01. The Balaban J connectivity index is 1.90. The zero-order valence-electron chi connectivity index (χ0n) is 12.8. The molecule has 0 aromatic carbocycles. The van der Waals surface area contributed by atoms with E-state index in [1.54, 1.807) is 18.3 Å². The predicted octanol–water partition coefficient (Wildman–Crippen LogP) is 4.20. The molecule has 0 bridgehead atoms. The topological polar surface area (TPSA) is 49.2 Å². The summed E-state index contributed by atoms with van der Waals surface area (Å²) < 4.78 is 13.4. The quantitative estimate of drug-likeness (QED) is 0.792. The smallest absolute Gasteiger partial charge is 0.218 e. The first-order chi connectivity index (χ1) is 10.6. The van der Waals surface area contributed by atoms with Gasteiger partial charge in [0, 0.05) is 31.5 Å². The molecule has 2 aromatic rings. The van der Waals surface area contributed by atoms with Gasteiger partial charge in [-0.3, -0.25) is 0 Å². The van der Waals surface area contributed by atoms with Crippen LogP contribution in [0.4, 0.5) is 0 Å². The minimum absolute atomic E-state index is 0.313. The number of halogens is 1. The lowest BCUT2D eigenvalue weighted by Gasteiger charge is -2.23. The molecule has 0 amide bonds. The maximum Gasteiger partial charge on any atom is 0.218 e. The molecular weight excluding hydrogens is 302 g/mol. The van der Waals surface area contributed by atoms with E-state index >= 15 is 0 Å². The number of rotatable bonds is 4. The normalized spacial score (nSPS) is 16.2. The van der Waals surface area contributed by atoms with Gasteiger partial charge in [0.15, 0.2) is 0 Å². The second-order valence-electron chi connectivity index (χ2n) is 5.77. The van der Waals surface area contributed by atoms with Gasteiger partial charge in [-0.2, -0.15) is 5.10 Å². The fourth-order valence-corrected chi connectivity index (χ4v) is 2.68. The van der Waals surface area contributed by atoms with Gasteiger partial charge < -0.3 is 9.47 Å². The Bertz CT molecular complexity index is 636. The van der Waals surface area contributed by atoms with Crippen molar-refractivity contribution in [3.8, 4) is 11.6 Å². The van der Waals surface area contributed by atoms with E-state index < -0.39 is 0 Å². The average molecular weight is 322 g/mol. The van der Waals surface area contributed by atoms with Gasteiger partial charge in [0.05, 0.1) is 11.7 Å². The molecule has 6 heteroatoms. The molecule has 0 saturated carbocycles. The van der Waals surface area contributed by atoms with Gasteiger partial charge in [0.25, 0.3) is 0 Å². The molecule has 0 unspecified atom stereocenters. The zero-order chi connectivity index (χ0) is 15.5. The average Bonchev–Trinajstić information content (AvgIpc) is 2.92. The molecule has 3 rings (SSSR count). The van der Waals surface area contributed by atoms with Crippen LogP contribution >= 0.6 is 11.6 Å². The highest BCUT2D eigenvalue weighted by Gasteiger charge is 2.22. The van der Waals surface area contributed by atoms with Crippen molar-refractivity contribution in [2.75, 3.05) is 13.2 Å². The van der Waals surface area contributed by atoms with Gasteiger partial charge in [-0.25, -0.2) is 9.67 Å². The highest BCUT2D eigenvalue weighted by atomic mass is 35.5. The van der Waals surface area contributed by atoms with Gasteiger partial charge in [-0.05, 0) is 24.8 Å². The summed E-state index contributed by atoms with van der Waals surface area (Å²) in [6.07, 6.45) is 3.54. The van der Waals surface area contributed by atoms with Crippen molar-refractivity contribution in [3.05, 3.63) is 35.2 Å². The summed E-state index contributed by atoms with van der Waals surface area (Å²) in [6, 6.07) is 5.82. The van der Waals surface area contributed by atoms with Crippen molar-refractivity contribution in [2.24, 2.45) is 0 Å². The number of hydrogen-bond acceptors (Lipinski definition) is 4. The summed E-state index contributed by atoms with van der Waals surface area (Å²) in [6.45, 7) is 5.79. The Morgan fingerprint density at radius 3 is 2.77 bits per heavy atom. The fourth-order valence-electron chi connectivity index (χ4n) is 2.51. The van der Waals surface area contributed by atoms with E-state index in [0.717, 1.165) is 37.6 Å². The molecule has 0 spiro atoms. The van der Waals surface area contributed by atoms with Crippen LogP contribution in [0.3, 0.4) is 0 Å². The number of ether oxygens (including phenoxy) is 2. The van der Waals surface area contributed by atoms with E-state index in [9.17, 15) is 0 Å². The molecule has 0 aliphatic carbocycles. The molecule has 118 valence electrons. The lowest BCUT2D eigenvalue weighted by molar-refractivity contribution is 0.0641. The molecule has 0 atom stereocenters. The maximum atomic E-state index is 6.01. The van der Waals surface area contributed by atoms with E-state index in [0.29, 0.717) is 22.9 Å². The number of pyridine rings is 1. The van der Waals surface area contributed by atoms with Crippen molar-refractivity contribution in [3.63, 3.8) is 0 Å². The second-order valence-corrected chi connectivity index (χ2v) is 6.15. The summed E-state index contributed by atoms with van der Waals surface area (Å²) in [7, 11) is 0. The lowest BCUT2D eigenvalue weighted by atomic mass is 10.1. The highest BCUT2D eigenvalue weighted by molar-refractivity contribution is 6.29. The summed E-state index contributed by atoms with van der Waals surface area (Å²) in [5.41, 5.74) is 1.03. The first-order valence-corrected chi connectivity index (χ1v) is 7.98. The van der Waals surface area contributed by atoms with Gasteiger partial charge in [-0.15, -0.1) is 0 Å². The van der Waals surface area contributed by atoms with E-state index in [-0.39, 0.29) is 0 Å². The van der Waals surface area contributed by atoms with Crippen molar-refractivity contribution in [1.29, 1.82) is 0 Å². The molecule has 0 radical (unpaired) electrons. The van der Waals surface area contributed by atoms with Gasteiger partial charge in [0.2, 0.25) is 5.88 Å². The van der Waals surface area contributed by atoms with Crippen molar-refractivity contribution < 1.29 is 9.47 Å².